The molecule has 0 aliphatic rings. The highest BCUT2D eigenvalue weighted by Gasteiger charge is 2.27. The molecule has 0 radical (unpaired) electrons. The number of hydrogen-bond donors (Lipinski definition) is 1. The molecule has 1 nitrogen and oxygen atoms in total. The van der Waals surface area contributed by atoms with Crippen LogP contribution in [0.1, 0.15) is 53.4 Å². The molecule has 0 aromatic rings. The molecule has 0 saturated carbocycles. The van der Waals surface area contributed by atoms with Gasteiger partial charge in [0.25, 0.3) is 0 Å². The molecule has 0 spiro atoms. The van der Waals surface area contributed by atoms with Gasteiger partial charge in [-0.05, 0) is 24.7 Å². The summed E-state index contributed by atoms with van der Waals surface area (Å²) in [5.74, 6) is 0. The lowest BCUT2D eigenvalue weighted by molar-refractivity contribution is 0.215. The van der Waals surface area contributed by atoms with E-state index in [1.54, 1.807) is 0 Å². The van der Waals surface area contributed by atoms with Crippen LogP contribution in [0.5, 0.6) is 0 Å². The van der Waals surface area contributed by atoms with Gasteiger partial charge in [0.05, 0.1) is 0 Å². The first-order valence-corrected chi connectivity index (χ1v) is 4.86. The summed E-state index contributed by atoms with van der Waals surface area (Å²) in [6, 6.07) is 0.382. The normalized spacial score (nSPS) is 19.4. The van der Waals surface area contributed by atoms with Crippen molar-refractivity contribution in [3.63, 3.8) is 0 Å². The van der Waals surface area contributed by atoms with Crippen LogP contribution in [0.15, 0.2) is 0 Å². The molecule has 0 heterocycles. The third kappa shape index (κ3) is 2.82. The summed E-state index contributed by atoms with van der Waals surface area (Å²) >= 11 is 0. The molecule has 2 unspecified atom stereocenters. The van der Waals surface area contributed by atoms with E-state index in [4.69, 9.17) is 5.73 Å². The fourth-order valence-corrected chi connectivity index (χ4v) is 1.69. The predicted octanol–water partition coefficient (Wildman–Crippen LogP) is 2.94. The number of nitrogens with two attached hydrogens (primary N) is 1. The topological polar surface area (TPSA) is 26.0 Å². The van der Waals surface area contributed by atoms with Gasteiger partial charge >= 0.3 is 0 Å². The third-order valence-corrected chi connectivity index (χ3v) is 2.96. The van der Waals surface area contributed by atoms with Gasteiger partial charge in [-0.2, -0.15) is 0 Å². The van der Waals surface area contributed by atoms with Crippen LogP contribution in [0.25, 0.3) is 0 Å². The molecule has 0 amide bonds. The van der Waals surface area contributed by atoms with Gasteiger partial charge in [0.2, 0.25) is 0 Å². The predicted molar refractivity (Wildman–Crippen MR) is 51.6 cm³/mol. The molecular formula is C10H23N. The first-order valence-electron chi connectivity index (χ1n) is 4.86. The summed E-state index contributed by atoms with van der Waals surface area (Å²) in [5, 5.41) is 0. The van der Waals surface area contributed by atoms with E-state index in [1.165, 1.54) is 19.3 Å². The van der Waals surface area contributed by atoms with Crippen molar-refractivity contribution in [2.75, 3.05) is 0 Å². The zero-order chi connectivity index (χ0) is 8.91. The quantitative estimate of drug-likeness (QED) is 0.652. The molecule has 0 fully saturated rings. The van der Waals surface area contributed by atoms with Gasteiger partial charge in [-0.15, -0.1) is 0 Å². The zero-order valence-electron chi connectivity index (χ0n) is 8.48. The van der Waals surface area contributed by atoms with Gasteiger partial charge < -0.3 is 5.73 Å². The van der Waals surface area contributed by atoms with Gasteiger partial charge in [0, 0.05) is 6.04 Å². The number of rotatable bonds is 5. The molecule has 11 heavy (non-hydrogen) atoms. The van der Waals surface area contributed by atoms with Gasteiger partial charge in [-0.1, -0.05) is 34.1 Å². The van der Waals surface area contributed by atoms with Crippen molar-refractivity contribution in [2.45, 2.75) is 59.4 Å². The minimum atomic E-state index is 0.378. The maximum atomic E-state index is 6.05. The molecule has 2 N–H and O–H groups in total. The van der Waals surface area contributed by atoms with Gasteiger partial charge in [-0.3, -0.25) is 0 Å². The molecule has 2 atom stereocenters. The lowest BCUT2D eigenvalue weighted by atomic mass is 9.75. The van der Waals surface area contributed by atoms with Crippen molar-refractivity contribution >= 4 is 0 Å². The minimum Gasteiger partial charge on any atom is -0.327 e. The van der Waals surface area contributed by atoms with Crippen LogP contribution in [-0.2, 0) is 0 Å². The summed E-state index contributed by atoms with van der Waals surface area (Å²) in [6.45, 7) is 8.96. The third-order valence-electron chi connectivity index (χ3n) is 2.96. The van der Waals surface area contributed by atoms with E-state index in [0.717, 1.165) is 6.42 Å². The maximum Gasteiger partial charge on any atom is 0.00901 e. The average Bonchev–Trinajstić information content (AvgIpc) is 2.03. The highest BCUT2D eigenvalue weighted by molar-refractivity contribution is 4.82. The molecule has 0 aromatic carbocycles. The summed E-state index contributed by atoms with van der Waals surface area (Å²) < 4.78 is 0. The van der Waals surface area contributed by atoms with Crippen LogP contribution in [0, 0.1) is 5.41 Å². The van der Waals surface area contributed by atoms with Crippen molar-refractivity contribution in [3.8, 4) is 0 Å². The Hall–Kier alpha value is -0.0400. The molecule has 0 aliphatic heterocycles. The van der Waals surface area contributed by atoms with E-state index in [0.29, 0.717) is 11.5 Å². The van der Waals surface area contributed by atoms with Crippen molar-refractivity contribution < 1.29 is 0 Å². The fraction of sp³-hybridized carbons (Fsp3) is 1.00. The molecule has 68 valence electrons. The monoisotopic (exact) mass is 157 g/mol. The Balaban J connectivity index is 4.07. The van der Waals surface area contributed by atoms with Gasteiger partial charge in [0.1, 0.15) is 0 Å². The molecule has 0 bridgehead atoms. The van der Waals surface area contributed by atoms with Crippen molar-refractivity contribution in [1.82, 2.24) is 0 Å². The van der Waals surface area contributed by atoms with Crippen LogP contribution in [-0.4, -0.2) is 6.04 Å². The lowest BCUT2D eigenvalue weighted by Crippen LogP contribution is -2.38. The van der Waals surface area contributed by atoms with Crippen LogP contribution >= 0.6 is 0 Å². The van der Waals surface area contributed by atoms with E-state index >= 15 is 0 Å². The summed E-state index contributed by atoms with van der Waals surface area (Å²) in [4.78, 5) is 0. The van der Waals surface area contributed by atoms with E-state index in [2.05, 4.69) is 27.7 Å². The van der Waals surface area contributed by atoms with Crippen molar-refractivity contribution in [1.29, 1.82) is 0 Å². The summed E-state index contributed by atoms with van der Waals surface area (Å²) in [5.41, 5.74) is 6.43. The molecular weight excluding hydrogens is 134 g/mol. The second-order valence-corrected chi connectivity index (χ2v) is 3.77. The van der Waals surface area contributed by atoms with E-state index in [1.807, 2.05) is 0 Å². The molecule has 0 aromatic heterocycles. The summed E-state index contributed by atoms with van der Waals surface area (Å²) in [7, 11) is 0. The average molecular weight is 157 g/mol. The zero-order valence-corrected chi connectivity index (χ0v) is 8.48. The summed E-state index contributed by atoms with van der Waals surface area (Å²) in [6.07, 6.45) is 4.82. The molecule has 0 rings (SSSR count). The Morgan fingerprint density at radius 1 is 1.27 bits per heavy atom. The maximum absolute atomic E-state index is 6.05. The van der Waals surface area contributed by atoms with Crippen molar-refractivity contribution in [2.24, 2.45) is 11.1 Å². The Morgan fingerprint density at radius 3 is 2.09 bits per heavy atom. The molecule has 1 heteroatoms. The standard InChI is InChI=1S/C10H23N/c1-5-8-10(4,7-3)9(11)6-2/h9H,5-8,11H2,1-4H3. The first-order chi connectivity index (χ1) is 5.10. The first kappa shape index (κ1) is 11.0. The van der Waals surface area contributed by atoms with E-state index < -0.39 is 0 Å². The Morgan fingerprint density at radius 2 is 1.82 bits per heavy atom. The van der Waals surface area contributed by atoms with Crippen LogP contribution in [0.2, 0.25) is 0 Å². The fourth-order valence-electron chi connectivity index (χ4n) is 1.69. The van der Waals surface area contributed by atoms with Crippen LogP contribution < -0.4 is 5.73 Å². The lowest BCUT2D eigenvalue weighted by Gasteiger charge is -2.33. The Bertz CT molecular complexity index is 101. The largest absolute Gasteiger partial charge is 0.327 e. The van der Waals surface area contributed by atoms with Gasteiger partial charge in [-0.25, -0.2) is 0 Å². The Kier molecular flexibility index (Phi) is 4.74. The second-order valence-electron chi connectivity index (χ2n) is 3.77. The van der Waals surface area contributed by atoms with Crippen LogP contribution in [0.3, 0.4) is 0 Å². The van der Waals surface area contributed by atoms with E-state index in [-0.39, 0.29) is 0 Å². The molecule has 0 saturated heterocycles. The van der Waals surface area contributed by atoms with Gasteiger partial charge in [0.15, 0.2) is 0 Å². The number of hydrogen-bond acceptors (Lipinski definition) is 1. The Labute approximate surface area is 71.4 Å². The highest BCUT2D eigenvalue weighted by Crippen LogP contribution is 2.31. The second kappa shape index (κ2) is 4.76. The smallest absolute Gasteiger partial charge is 0.00901 e. The van der Waals surface area contributed by atoms with E-state index in [9.17, 15) is 0 Å². The SMILES string of the molecule is CCCC(C)(CC)C(N)CC. The molecule has 0 aliphatic carbocycles. The van der Waals surface area contributed by atoms with Crippen molar-refractivity contribution in [3.05, 3.63) is 0 Å². The van der Waals surface area contributed by atoms with Crippen LogP contribution in [0.4, 0.5) is 0 Å². The minimum absolute atomic E-state index is 0.378. The highest BCUT2D eigenvalue weighted by atomic mass is 14.7.